The number of aromatic nitrogens is 2. The lowest BCUT2D eigenvalue weighted by Gasteiger charge is -2.26. The maximum atomic E-state index is 13.0. The van der Waals surface area contributed by atoms with Gasteiger partial charge in [0, 0.05) is 6.20 Å². The van der Waals surface area contributed by atoms with E-state index in [0.29, 0.717) is 0 Å². The zero-order valence-corrected chi connectivity index (χ0v) is 23.7. The van der Waals surface area contributed by atoms with Crippen molar-refractivity contribution in [1.29, 1.82) is 0 Å². The van der Waals surface area contributed by atoms with E-state index in [2.05, 4.69) is 4.98 Å². The predicted molar refractivity (Wildman–Crippen MR) is 134 cm³/mol. The van der Waals surface area contributed by atoms with Crippen molar-refractivity contribution < 1.29 is 36.7 Å². The van der Waals surface area contributed by atoms with Gasteiger partial charge in [-0.2, -0.15) is 4.98 Å². The molecule has 0 atom stereocenters. The minimum Gasteiger partial charge on any atom is -0.383 e. The van der Waals surface area contributed by atoms with Crippen LogP contribution in [0.3, 0.4) is 0 Å². The van der Waals surface area contributed by atoms with Crippen LogP contribution in [0.15, 0.2) is 17.1 Å². The average Bonchev–Trinajstić information content (AvgIpc) is 2.64. The number of anilines is 1. The Bertz CT molecular complexity index is 850. The fraction of sp³-hybridized carbons (Fsp3) is 0.810. The third kappa shape index (κ3) is 12.6. The monoisotopic (exact) mass is 541 g/mol. The molecule has 1 heterocycles. The number of hydrogen-bond donors (Lipinski definition) is 1. The van der Waals surface area contributed by atoms with Gasteiger partial charge in [-0.3, -0.25) is 13.7 Å². The number of nitrogens with zero attached hydrogens (tertiary/aromatic N) is 2. The van der Waals surface area contributed by atoms with E-state index in [1.807, 2.05) is 0 Å². The Morgan fingerprint density at radius 1 is 0.800 bits per heavy atom. The zero-order chi connectivity index (χ0) is 26.8. The number of hydrogen-bond acceptors (Lipinski definition) is 11. The van der Waals surface area contributed by atoms with E-state index < -0.39 is 26.9 Å². The number of nitrogens with two attached hydrogens (primary N) is 1. The molecule has 1 rings (SSSR count). The molecule has 0 aliphatic carbocycles. The van der Waals surface area contributed by atoms with E-state index >= 15 is 0 Å². The normalized spacial score (nSPS) is 13.2. The lowest BCUT2D eigenvalue weighted by atomic mass is 10.3. The van der Waals surface area contributed by atoms with Crippen molar-refractivity contribution >= 4 is 21.0 Å². The Hall–Kier alpha value is -1.10. The van der Waals surface area contributed by atoms with Crippen molar-refractivity contribution in [3.63, 3.8) is 0 Å². The Morgan fingerprint density at radius 3 is 1.49 bits per heavy atom. The van der Waals surface area contributed by atoms with Crippen LogP contribution >= 0.6 is 15.2 Å². The molecule has 0 saturated heterocycles. The lowest BCUT2D eigenvalue weighted by Crippen LogP contribution is -2.32. The molecule has 35 heavy (non-hydrogen) atoms. The SMILES string of the molecule is CC(C)OP(=O)(COCC(COCP(=O)(OC(C)C)OC(C)C)n1ccc(N)nc1=O)OC(C)C. The Labute approximate surface area is 207 Å². The molecule has 0 spiro atoms. The highest BCUT2D eigenvalue weighted by molar-refractivity contribution is 7.53. The van der Waals surface area contributed by atoms with Gasteiger partial charge < -0.3 is 33.3 Å². The number of rotatable bonds is 17. The van der Waals surface area contributed by atoms with Crippen molar-refractivity contribution in [2.75, 3.05) is 31.6 Å². The van der Waals surface area contributed by atoms with Crippen LogP contribution in [0, 0.1) is 0 Å². The topological polar surface area (TPSA) is 150 Å². The molecule has 14 heteroatoms. The van der Waals surface area contributed by atoms with Crippen LogP contribution in [0.2, 0.25) is 0 Å². The van der Waals surface area contributed by atoms with Crippen LogP contribution in [-0.2, 0) is 36.7 Å². The van der Waals surface area contributed by atoms with E-state index in [1.54, 1.807) is 55.4 Å². The highest BCUT2D eigenvalue weighted by Gasteiger charge is 2.31. The largest absolute Gasteiger partial charge is 0.383 e. The fourth-order valence-corrected chi connectivity index (χ4v) is 6.54. The third-order valence-electron chi connectivity index (χ3n) is 3.85. The molecule has 0 aromatic carbocycles. The van der Waals surface area contributed by atoms with Gasteiger partial charge in [-0.15, -0.1) is 0 Å². The third-order valence-corrected chi connectivity index (χ3v) is 7.82. The van der Waals surface area contributed by atoms with Gasteiger partial charge in [-0.25, -0.2) is 4.79 Å². The van der Waals surface area contributed by atoms with E-state index in [0.717, 1.165) is 0 Å². The van der Waals surface area contributed by atoms with E-state index in [9.17, 15) is 13.9 Å². The summed E-state index contributed by atoms with van der Waals surface area (Å²) in [6.45, 7) is 13.7. The Balaban J connectivity index is 2.99. The van der Waals surface area contributed by atoms with Gasteiger partial charge in [0.25, 0.3) is 0 Å². The summed E-state index contributed by atoms with van der Waals surface area (Å²) in [6, 6.07) is 0.742. The van der Waals surface area contributed by atoms with Gasteiger partial charge in [0.2, 0.25) is 0 Å². The molecule has 204 valence electrons. The smallest absolute Gasteiger partial charge is 0.356 e. The number of nitrogen functional groups attached to an aromatic ring is 1. The minimum absolute atomic E-state index is 0.0622. The molecular formula is C21H41N3O9P2. The second-order valence-electron chi connectivity index (χ2n) is 9.03. The van der Waals surface area contributed by atoms with E-state index in [4.69, 9.17) is 33.3 Å². The Morgan fingerprint density at radius 2 is 1.17 bits per heavy atom. The summed E-state index contributed by atoms with van der Waals surface area (Å²) in [6.07, 6.45) is -0.592. The summed E-state index contributed by atoms with van der Waals surface area (Å²) in [5.41, 5.74) is 4.98. The molecule has 12 nitrogen and oxygen atoms in total. The molecule has 0 radical (unpaired) electrons. The molecule has 0 fully saturated rings. The van der Waals surface area contributed by atoms with Crippen molar-refractivity contribution in [2.24, 2.45) is 0 Å². The summed E-state index contributed by atoms with van der Waals surface area (Å²) >= 11 is 0. The van der Waals surface area contributed by atoms with Crippen molar-refractivity contribution in [2.45, 2.75) is 85.8 Å². The van der Waals surface area contributed by atoms with Crippen LogP contribution < -0.4 is 11.4 Å². The first-order valence-electron chi connectivity index (χ1n) is 11.6. The van der Waals surface area contributed by atoms with Crippen LogP contribution in [0.5, 0.6) is 0 Å². The molecule has 1 aromatic rings. The van der Waals surface area contributed by atoms with E-state index in [-0.39, 0.29) is 56.1 Å². The summed E-state index contributed by atoms with van der Waals surface area (Å²) in [7, 11) is -7.11. The molecule has 0 bridgehead atoms. The maximum Gasteiger partial charge on any atom is 0.356 e. The molecule has 0 amide bonds. The molecule has 2 N–H and O–H groups in total. The van der Waals surface area contributed by atoms with E-state index in [1.165, 1.54) is 16.8 Å². The van der Waals surface area contributed by atoms with Crippen LogP contribution in [-0.4, -0.2) is 59.9 Å². The lowest BCUT2D eigenvalue weighted by molar-refractivity contribution is 0.0452. The minimum atomic E-state index is -3.55. The van der Waals surface area contributed by atoms with Gasteiger partial charge in [0.05, 0.1) is 43.7 Å². The first kappa shape index (κ1) is 31.9. The molecule has 0 aliphatic rings. The maximum absolute atomic E-state index is 13.0. The van der Waals surface area contributed by atoms with Crippen molar-refractivity contribution in [1.82, 2.24) is 9.55 Å². The first-order valence-corrected chi connectivity index (χ1v) is 15.0. The van der Waals surface area contributed by atoms with Gasteiger partial charge in [-0.1, -0.05) is 0 Å². The standard InChI is InChI=1S/C21H41N3O9P2/c1-15(2)30-34(26,31-16(3)4)13-28-11-19(24-10-9-20(22)23-21(24)25)12-29-14-35(27,32-17(5)6)33-18(7)8/h9-10,15-19H,11-14H2,1-8H3,(H2,22,23,25). The molecule has 0 saturated carbocycles. The highest BCUT2D eigenvalue weighted by Crippen LogP contribution is 2.51. The van der Waals surface area contributed by atoms with Crippen LogP contribution in [0.4, 0.5) is 5.82 Å². The second kappa shape index (κ2) is 14.6. The average molecular weight is 542 g/mol. The summed E-state index contributed by atoms with van der Waals surface area (Å²) in [4.78, 5) is 16.2. The fourth-order valence-electron chi connectivity index (χ4n) is 2.97. The quantitative estimate of drug-likeness (QED) is 0.279. The van der Waals surface area contributed by atoms with Gasteiger partial charge >= 0.3 is 20.9 Å². The van der Waals surface area contributed by atoms with Gasteiger partial charge in [0.15, 0.2) is 0 Å². The van der Waals surface area contributed by atoms with Crippen molar-refractivity contribution in [3.05, 3.63) is 22.7 Å². The summed E-state index contributed by atoms with van der Waals surface area (Å²) in [5.74, 6) is 0.0622. The van der Waals surface area contributed by atoms with Crippen molar-refractivity contribution in [3.8, 4) is 0 Å². The van der Waals surface area contributed by atoms with Crippen LogP contribution in [0.25, 0.3) is 0 Å². The Kier molecular flexibility index (Phi) is 13.3. The molecule has 0 unspecified atom stereocenters. The van der Waals surface area contributed by atoms with Gasteiger partial charge in [-0.05, 0) is 61.5 Å². The summed E-state index contributed by atoms with van der Waals surface area (Å²) in [5, 5.41) is 0. The highest BCUT2D eigenvalue weighted by atomic mass is 31.2. The molecule has 0 aliphatic heterocycles. The summed E-state index contributed by atoms with van der Waals surface area (Å²) < 4.78 is 60.6. The second-order valence-corrected chi connectivity index (χ2v) is 12.8. The first-order chi connectivity index (χ1) is 16.1. The molecular weight excluding hydrogens is 500 g/mol. The zero-order valence-electron chi connectivity index (χ0n) is 21.9. The van der Waals surface area contributed by atoms with Crippen LogP contribution in [0.1, 0.15) is 61.4 Å². The molecule has 1 aromatic heterocycles. The number of ether oxygens (including phenoxy) is 2. The predicted octanol–water partition coefficient (Wildman–Crippen LogP) is 4.40. The van der Waals surface area contributed by atoms with Gasteiger partial charge in [0.1, 0.15) is 18.5 Å².